The Balaban J connectivity index is 1.71. The quantitative estimate of drug-likeness (QED) is 0.644. The molecule has 0 atom stereocenters. The van der Waals surface area contributed by atoms with E-state index in [4.69, 9.17) is 21.1 Å². The van der Waals surface area contributed by atoms with Crippen molar-refractivity contribution in [1.29, 1.82) is 0 Å². The van der Waals surface area contributed by atoms with Crippen LogP contribution in [0.4, 0.5) is 5.69 Å². The van der Waals surface area contributed by atoms with Gasteiger partial charge in [0, 0.05) is 16.7 Å². The van der Waals surface area contributed by atoms with E-state index < -0.39 is 0 Å². The van der Waals surface area contributed by atoms with Gasteiger partial charge in [0.1, 0.15) is 13.2 Å². The predicted octanol–water partition coefficient (Wildman–Crippen LogP) is 4.49. The van der Waals surface area contributed by atoms with Crippen molar-refractivity contribution in [2.75, 3.05) is 24.8 Å². The van der Waals surface area contributed by atoms with Gasteiger partial charge in [0.2, 0.25) is 5.91 Å². The molecule has 0 radical (unpaired) electrons. The van der Waals surface area contributed by atoms with Crippen LogP contribution in [0.25, 0.3) is 6.08 Å². The second-order valence-corrected chi connectivity index (χ2v) is 6.37. The maximum Gasteiger partial charge on any atom is 0.248 e. The Kier molecular flexibility index (Phi) is 5.33. The number of hydrogen-bond donors (Lipinski definition) is 1. The Morgan fingerprint density at radius 1 is 1.25 bits per heavy atom. The fourth-order valence-corrected chi connectivity index (χ4v) is 3.02. The number of amides is 1. The minimum absolute atomic E-state index is 0.209. The largest absolute Gasteiger partial charge is 0.486 e. The molecular weight excluding hydrogens is 346 g/mol. The van der Waals surface area contributed by atoms with Crippen LogP contribution in [0.5, 0.6) is 11.5 Å². The summed E-state index contributed by atoms with van der Waals surface area (Å²) in [6, 6.07) is 11.2. The molecule has 0 fully saturated rings. The molecule has 1 amide bonds. The van der Waals surface area contributed by atoms with Crippen LogP contribution < -0.4 is 14.8 Å². The van der Waals surface area contributed by atoms with E-state index in [1.807, 2.05) is 30.5 Å². The first-order valence-electron chi connectivity index (χ1n) is 7.38. The van der Waals surface area contributed by atoms with Crippen molar-refractivity contribution in [1.82, 2.24) is 0 Å². The van der Waals surface area contributed by atoms with Gasteiger partial charge in [-0.15, -0.1) is 11.8 Å². The molecule has 124 valence electrons. The van der Waals surface area contributed by atoms with E-state index in [-0.39, 0.29) is 5.91 Å². The monoisotopic (exact) mass is 361 g/mol. The van der Waals surface area contributed by atoms with Gasteiger partial charge in [0.25, 0.3) is 0 Å². The van der Waals surface area contributed by atoms with Crippen molar-refractivity contribution in [2.45, 2.75) is 4.90 Å². The lowest BCUT2D eigenvalue weighted by Crippen LogP contribution is -2.15. The van der Waals surface area contributed by atoms with Crippen LogP contribution in [0.1, 0.15) is 5.56 Å². The van der Waals surface area contributed by atoms with Gasteiger partial charge in [0.05, 0.1) is 5.02 Å². The summed E-state index contributed by atoms with van der Waals surface area (Å²) in [5.41, 5.74) is 1.54. The van der Waals surface area contributed by atoms with Gasteiger partial charge >= 0.3 is 0 Å². The Morgan fingerprint density at radius 3 is 2.92 bits per heavy atom. The van der Waals surface area contributed by atoms with Crippen LogP contribution in [0.15, 0.2) is 47.4 Å². The molecule has 0 bridgehead atoms. The summed E-state index contributed by atoms with van der Waals surface area (Å²) in [7, 11) is 0. The SMILES string of the molecule is CSc1cccc(NC(=O)/C=C/c2cc(Cl)c3c(c2)OCCO3)c1. The average Bonchev–Trinajstić information content (AvgIpc) is 2.60. The zero-order chi connectivity index (χ0) is 16.9. The standard InChI is InChI=1S/C18H16ClNO3S/c1-24-14-4-2-3-13(11-14)20-17(21)6-5-12-9-15(19)18-16(10-12)22-7-8-23-18/h2-6,9-11H,7-8H2,1H3,(H,20,21)/b6-5+. The average molecular weight is 362 g/mol. The second-order valence-electron chi connectivity index (χ2n) is 5.08. The summed E-state index contributed by atoms with van der Waals surface area (Å²) in [5, 5.41) is 3.31. The third kappa shape index (κ3) is 4.04. The van der Waals surface area contributed by atoms with Gasteiger partial charge in [0.15, 0.2) is 11.5 Å². The lowest BCUT2D eigenvalue weighted by atomic mass is 10.1. The zero-order valence-corrected chi connectivity index (χ0v) is 14.6. The van der Waals surface area contributed by atoms with E-state index in [1.165, 1.54) is 6.08 Å². The number of ether oxygens (including phenoxy) is 2. The molecule has 0 aromatic heterocycles. The normalized spacial score (nSPS) is 13.1. The Hall–Kier alpha value is -2.11. The highest BCUT2D eigenvalue weighted by molar-refractivity contribution is 7.98. The highest BCUT2D eigenvalue weighted by Gasteiger charge is 2.15. The van der Waals surface area contributed by atoms with Gasteiger partial charge in [-0.3, -0.25) is 4.79 Å². The van der Waals surface area contributed by atoms with Gasteiger partial charge in [-0.05, 0) is 48.2 Å². The second kappa shape index (κ2) is 7.64. The fraction of sp³-hybridized carbons (Fsp3) is 0.167. The minimum Gasteiger partial charge on any atom is -0.486 e. The summed E-state index contributed by atoms with van der Waals surface area (Å²) >= 11 is 7.81. The van der Waals surface area contributed by atoms with Crippen LogP contribution in [-0.4, -0.2) is 25.4 Å². The minimum atomic E-state index is -0.209. The maximum absolute atomic E-state index is 12.1. The number of carbonyl (C=O) groups is 1. The van der Waals surface area contributed by atoms with E-state index >= 15 is 0 Å². The summed E-state index contributed by atoms with van der Waals surface area (Å²) in [6.07, 6.45) is 5.15. The van der Waals surface area contributed by atoms with E-state index in [1.54, 1.807) is 30.0 Å². The zero-order valence-electron chi connectivity index (χ0n) is 13.0. The molecule has 0 spiro atoms. The fourth-order valence-electron chi connectivity index (χ4n) is 2.28. The van der Waals surface area contributed by atoms with Crippen molar-refractivity contribution in [3.05, 3.63) is 53.1 Å². The predicted molar refractivity (Wildman–Crippen MR) is 98.3 cm³/mol. The topological polar surface area (TPSA) is 47.6 Å². The molecular formula is C18H16ClNO3S. The number of nitrogens with one attached hydrogen (secondary N) is 1. The Morgan fingerprint density at radius 2 is 2.08 bits per heavy atom. The number of hydrogen-bond acceptors (Lipinski definition) is 4. The van der Waals surface area contributed by atoms with Crippen LogP contribution in [0.2, 0.25) is 5.02 Å². The molecule has 1 aliphatic rings. The number of carbonyl (C=O) groups excluding carboxylic acids is 1. The third-order valence-corrected chi connectivity index (χ3v) is 4.39. The molecule has 1 N–H and O–H groups in total. The molecule has 2 aromatic carbocycles. The molecule has 1 heterocycles. The Bertz CT molecular complexity index is 792. The van der Waals surface area contributed by atoms with Gasteiger partial charge in [-0.1, -0.05) is 17.7 Å². The molecule has 2 aromatic rings. The summed E-state index contributed by atoms with van der Waals surface area (Å²) < 4.78 is 11.0. The third-order valence-electron chi connectivity index (χ3n) is 3.38. The lowest BCUT2D eigenvalue weighted by Gasteiger charge is -2.19. The lowest BCUT2D eigenvalue weighted by molar-refractivity contribution is -0.111. The van der Waals surface area contributed by atoms with Crippen LogP contribution in [0, 0.1) is 0 Å². The summed E-state index contributed by atoms with van der Waals surface area (Å²) in [4.78, 5) is 13.2. The molecule has 0 saturated heterocycles. The Labute approximate surface area is 149 Å². The molecule has 0 aliphatic carbocycles. The number of fused-ring (bicyclic) bond motifs is 1. The number of anilines is 1. The molecule has 6 heteroatoms. The highest BCUT2D eigenvalue weighted by Crippen LogP contribution is 2.38. The van der Waals surface area contributed by atoms with E-state index in [9.17, 15) is 4.79 Å². The van der Waals surface area contributed by atoms with Crippen LogP contribution in [0.3, 0.4) is 0 Å². The van der Waals surface area contributed by atoms with Crippen LogP contribution >= 0.6 is 23.4 Å². The first-order valence-corrected chi connectivity index (χ1v) is 8.98. The summed E-state index contributed by atoms with van der Waals surface area (Å²) in [6.45, 7) is 0.974. The van der Waals surface area contributed by atoms with Crippen molar-refractivity contribution < 1.29 is 14.3 Å². The molecule has 4 nitrogen and oxygen atoms in total. The van der Waals surface area contributed by atoms with Crippen molar-refractivity contribution >= 4 is 41.0 Å². The maximum atomic E-state index is 12.1. The smallest absolute Gasteiger partial charge is 0.248 e. The summed E-state index contributed by atoms with van der Waals surface area (Å²) in [5.74, 6) is 0.944. The van der Waals surface area contributed by atoms with Crippen molar-refractivity contribution in [3.63, 3.8) is 0 Å². The number of halogens is 1. The van der Waals surface area contributed by atoms with E-state index in [0.29, 0.717) is 29.7 Å². The van der Waals surface area contributed by atoms with Gasteiger partial charge in [-0.25, -0.2) is 0 Å². The molecule has 0 saturated carbocycles. The highest BCUT2D eigenvalue weighted by atomic mass is 35.5. The molecule has 1 aliphatic heterocycles. The number of rotatable bonds is 4. The van der Waals surface area contributed by atoms with E-state index in [0.717, 1.165) is 16.1 Å². The number of thioether (sulfide) groups is 1. The van der Waals surface area contributed by atoms with Gasteiger partial charge in [-0.2, -0.15) is 0 Å². The van der Waals surface area contributed by atoms with Crippen molar-refractivity contribution in [3.8, 4) is 11.5 Å². The molecule has 24 heavy (non-hydrogen) atoms. The van der Waals surface area contributed by atoms with Gasteiger partial charge < -0.3 is 14.8 Å². The number of benzene rings is 2. The molecule has 3 rings (SSSR count). The first-order chi connectivity index (χ1) is 11.7. The van der Waals surface area contributed by atoms with Crippen molar-refractivity contribution in [2.24, 2.45) is 0 Å². The van der Waals surface area contributed by atoms with Crippen LogP contribution in [-0.2, 0) is 4.79 Å². The molecule has 0 unspecified atom stereocenters. The van der Waals surface area contributed by atoms with E-state index in [2.05, 4.69) is 5.32 Å². The first kappa shape index (κ1) is 16.7.